The van der Waals surface area contributed by atoms with E-state index in [1.807, 2.05) is 25.1 Å². The molecule has 0 bridgehead atoms. The van der Waals surface area contributed by atoms with Crippen molar-refractivity contribution in [2.45, 2.75) is 44.7 Å². The molecule has 1 amide bonds. The SMILES string of the molecule is C[C@@H](C(=O)NC1CCCC1)N1CCN(c2cccc(Cl)c2)CC1. The lowest BCUT2D eigenvalue weighted by Gasteiger charge is -2.38. The number of hydrogen-bond acceptors (Lipinski definition) is 3. The van der Waals surface area contributed by atoms with Crippen molar-refractivity contribution in [1.29, 1.82) is 0 Å². The second-order valence-electron chi connectivity index (χ2n) is 6.67. The molecule has 126 valence electrons. The molecule has 23 heavy (non-hydrogen) atoms. The Morgan fingerprint density at radius 1 is 1.22 bits per heavy atom. The largest absolute Gasteiger partial charge is 0.369 e. The van der Waals surface area contributed by atoms with Gasteiger partial charge in [-0.3, -0.25) is 9.69 Å². The maximum absolute atomic E-state index is 12.4. The summed E-state index contributed by atoms with van der Waals surface area (Å²) in [5.41, 5.74) is 1.17. The number of benzene rings is 1. The monoisotopic (exact) mass is 335 g/mol. The molecule has 0 radical (unpaired) electrons. The van der Waals surface area contributed by atoms with Crippen molar-refractivity contribution in [2.24, 2.45) is 0 Å². The first-order valence-electron chi connectivity index (χ1n) is 8.68. The molecule has 0 unspecified atom stereocenters. The fourth-order valence-electron chi connectivity index (χ4n) is 3.60. The molecular weight excluding hydrogens is 310 g/mol. The highest BCUT2D eigenvalue weighted by Crippen LogP contribution is 2.22. The lowest BCUT2D eigenvalue weighted by molar-refractivity contribution is -0.126. The van der Waals surface area contributed by atoms with Gasteiger partial charge in [-0.05, 0) is 38.0 Å². The molecule has 1 atom stereocenters. The van der Waals surface area contributed by atoms with E-state index in [-0.39, 0.29) is 11.9 Å². The first-order valence-corrected chi connectivity index (χ1v) is 9.06. The number of halogens is 1. The number of carbonyl (C=O) groups excluding carboxylic acids is 1. The first kappa shape index (κ1) is 16.6. The summed E-state index contributed by atoms with van der Waals surface area (Å²) in [7, 11) is 0. The van der Waals surface area contributed by atoms with E-state index < -0.39 is 0 Å². The summed E-state index contributed by atoms with van der Waals surface area (Å²) in [6, 6.07) is 8.35. The second kappa shape index (κ2) is 7.54. The maximum atomic E-state index is 12.4. The second-order valence-corrected chi connectivity index (χ2v) is 7.11. The summed E-state index contributed by atoms with van der Waals surface area (Å²) < 4.78 is 0. The van der Waals surface area contributed by atoms with Crippen LogP contribution in [0.5, 0.6) is 0 Å². The number of amides is 1. The van der Waals surface area contributed by atoms with Gasteiger partial charge in [0.15, 0.2) is 0 Å². The first-order chi connectivity index (χ1) is 11.1. The number of carbonyl (C=O) groups is 1. The Balaban J connectivity index is 1.50. The van der Waals surface area contributed by atoms with Crippen molar-refractivity contribution < 1.29 is 4.79 Å². The fraction of sp³-hybridized carbons (Fsp3) is 0.611. The van der Waals surface area contributed by atoms with Gasteiger partial charge in [0.1, 0.15) is 0 Å². The van der Waals surface area contributed by atoms with Crippen LogP contribution in [0.1, 0.15) is 32.6 Å². The van der Waals surface area contributed by atoms with Gasteiger partial charge < -0.3 is 10.2 Å². The van der Waals surface area contributed by atoms with E-state index in [1.54, 1.807) is 0 Å². The Hall–Kier alpha value is -1.26. The Morgan fingerprint density at radius 3 is 2.57 bits per heavy atom. The quantitative estimate of drug-likeness (QED) is 0.919. The molecule has 1 heterocycles. The van der Waals surface area contributed by atoms with Gasteiger partial charge in [-0.15, -0.1) is 0 Å². The van der Waals surface area contributed by atoms with E-state index >= 15 is 0 Å². The zero-order valence-corrected chi connectivity index (χ0v) is 14.6. The minimum atomic E-state index is -0.0443. The normalized spacial score (nSPS) is 21.4. The van der Waals surface area contributed by atoms with Gasteiger partial charge in [0, 0.05) is 42.9 Å². The topological polar surface area (TPSA) is 35.6 Å². The lowest BCUT2D eigenvalue weighted by Crippen LogP contribution is -2.54. The highest BCUT2D eigenvalue weighted by molar-refractivity contribution is 6.30. The minimum Gasteiger partial charge on any atom is -0.369 e. The average molecular weight is 336 g/mol. The van der Waals surface area contributed by atoms with Crippen molar-refractivity contribution >= 4 is 23.2 Å². The highest BCUT2D eigenvalue weighted by Gasteiger charge is 2.27. The summed E-state index contributed by atoms with van der Waals surface area (Å²) in [4.78, 5) is 17.0. The Kier molecular flexibility index (Phi) is 5.44. The molecule has 4 nitrogen and oxygen atoms in total. The van der Waals surface area contributed by atoms with Crippen LogP contribution < -0.4 is 10.2 Å². The van der Waals surface area contributed by atoms with Crippen LogP contribution in [0, 0.1) is 0 Å². The predicted octanol–water partition coefficient (Wildman–Crippen LogP) is 2.91. The van der Waals surface area contributed by atoms with Crippen molar-refractivity contribution in [3.05, 3.63) is 29.3 Å². The highest BCUT2D eigenvalue weighted by atomic mass is 35.5. The smallest absolute Gasteiger partial charge is 0.237 e. The molecule has 1 aliphatic carbocycles. The number of piperazine rings is 1. The van der Waals surface area contributed by atoms with Crippen LogP contribution in [0.2, 0.25) is 5.02 Å². The van der Waals surface area contributed by atoms with Gasteiger partial charge >= 0.3 is 0 Å². The Labute approximate surface area is 143 Å². The molecular formula is C18H26ClN3O. The predicted molar refractivity (Wildman–Crippen MR) is 95.1 cm³/mol. The molecule has 1 N–H and O–H groups in total. The molecule has 2 aliphatic rings. The number of nitrogens with zero attached hydrogens (tertiary/aromatic N) is 2. The van der Waals surface area contributed by atoms with E-state index in [9.17, 15) is 4.79 Å². The van der Waals surface area contributed by atoms with Crippen LogP contribution in [0.25, 0.3) is 0 Å². The molecule has 1 saturated carbocycles. The van der Waals surface area contributed by atoms with Crippen LogP contribution in [0.15, 0.2) is 24.3 Å². The third-order valence-electron chi connectivity index (χ3n) is 5.12. The van der Waals surface area contributed by atoms with Crippen LogP contribution >= 0.6 is 11.6 Å². The lowest BCUT2D eigenvalue weighted by atomic mass is 10.1. The summed E-state index contributed by atoms with van der Waals surface area (Å²) in [5.74, 6) is 0.188. The number of rotatable bonds is 4. The summed E-state index contributed by atoms with van der Waals surface area (Å²) >= 11 is 6.08. The number of hydrogen-bond donors (Lipinski definition) is 1. The summed E-state index contributed by atoms with van der Waals surface area (Å²) in [6.07, 6.45) is 4.78. The van der Waals surface area contributed by atoms with Crippen LogP contribution in [-0.2, 0) is 4.79 Å². The van der Waals surface area contributed by atoms with E-state index in [0.29, 0.717) is 6.04 Å². The van der Waals surface area contributed by atoms with E-state index in [0.717, 1.165) is 44.0 Å². The van der Waals surface area contributed by atoms with E-state index in [4.69, 9.17) is 11.6 Å². The van der Waals surface area contributed by atoms with Gasteiger partial charge in [0.25, 0.3) is 0 Å². The number of anilines is 1. The molecule has 5 heteroatoms. The molecule has 0 spiro atoms. The van der Waals surface area contributed by atoms with Gasteiger partial charge in [0.05, 0.1) is 6.04 Å². The van der Waals surface area contributed by atoms with Crippen LogP contribution in [0.4, 0.5) is 5.69 Å². The molecule has 2 fully saturated rings. The Morgan fingerprint density at radius 2 is 1.91 bits per heavy atom. The van der Waals surface area contributed by atoms with Crippen molar-refractivity contribution in [3.8, 4) is 0 Å². The summed E-state index contributed by atoms with van der Waals surface area (Å²) in [5, 5.41) is 3.99. The molecule has 3 rings (SSSR count). The standard InChI is InChI=1S/C18H26ClN3O/c1-14(18(23)20-16-6-2-3-7-16)21-9-11-22(12-10-21)17-8-4-5-15(19)13-17/h4-5,8,13-14,16H,2-3,6-7,9-12H2,1H3,(H,20,23)/t14-/m0/s1. The zero-order valence-electron chi connectivity index (χ0n) is 13.8. The molecule has 0 aromatic heterocycles. The van der Waals surface area contributed by atoms with E-state index in [1.165, 1.54) is 18.5 Å². The van der Waals surface area contributed by atoms with E-state index in [2.05, 4.69) is 21.2 Å². The van der Waals surface area contributed by atoms with Gasteiger partial charge in [-0.1, -0.05) is 30.5 Å². The third-order valence-corrected chi connectivity index (χ3v) is 5.35. The third kappa shape index (κ3) is 4.18. The van der Waals surface area contributed by atoms with Crippen LogP contribution in [-0.4, -0.2) is 49.1 Å². The zero-order chi connectivity index (χ0) is 16.2. The maximum Gasteiger partial charge on any atom is 0.237 e. The van der Waals surface area contributed by atoms with Crippen molar-refractivity contribution in [2.75, 3.05) is 31.1 Å². The van der Waals surface area contributed by atoms with Gasteiger partial charge in [-0.2, -0.15) is 0 Å². The number of nitrogens with one attached hydrogen (secondary N) is 1. The van der Waals surface area contributed by atoms with Crippen molar-refractivity contribution in [1.82, 2.24) is 10.2 Å². The molecule has 1 aliphatic heterocycles. The van der Waals surface area contributed by atoms with Crippen LogP contribution in [0.3, 0.4) is 0 Å². The minimum absolute atomic E-state index is 0.0443. The molecule has 1 aromatic carbocycles. The van der Waals surface area contributed by atoms with Gasteiger partial charge in [-0.25, -0.2) is 0 Å². The van der Waals surface area contributed by atoms with Gasteiger partial charge in [0.2, 0.25) is 5.91 Å². The average Bonchev–Trinajstić information content (AvgIpc) is 3.07. The molecule has 1 aromatic rings. The van der Waals surface area contributed by atoms with Crippen molar-refractivity contribution in [3.63, 3.8) is 0 Å². The fourth-order valence-corrected chi connectivity index (χ4v) is 3.78. The molecule has 1 saturated heterocycles. The summed E-state index contributed by atoms with van der Waals surface area (Å²) in [6.45, 7) is 5.71. The Bertz CT molecular complexity index is 537.